The van der Waals surface area contributed by atoms with Gasteiger partial charge in [0.25, 0.3) is 0 Å². The van der Waals surface area contributed by atoms with Crippen LogP contribution in [0.1, 0.15) is 20.3 Å². The summed E-state index contributed by atoms with van der Waals surface area (Å²) >= 11 is 0. The fourth-order valence-electron chi connectivity index (χ4n) is 2.97. The summed E-state index contributed by atoms with van der Waals surface area (Å²) in [6.45, 7) is 5.87. The van der Waals surface area contributed by atoms with Crippen LogP contribution in [0.4, 0.5) is 5.69 Å². The molecule has 2 heterocycles. The highest BCUT2D eigenvalue weighted by Gasteiger charge is 2.37. The first-order valence-corrected chi connectivity index (χ1v) is 7.62. The van der Waals surface area contributed by atoms with E-state index in [2.05, 4.69) is 0 Å². The second-order valence-corrected chi connectivity index (χ2v) is 5.45. The normalized spacial score (nSPS) is 19.6. The average molecular weight is 304 g/mol. The third-order valence-electron chi connectivity index (χ3n) is 4.22. The van der Waals surface area contributed by atoms with Crippen molar-refractivity contribution in [1.29, 1.82) is 0 Å². The van der Waals surface area contributed by atoms with Gasteiger partial charge in [-0.25, -0.2) is 0 Å². The van der Waals surface area contributed by atoms with Crippen molar-refractivity contribution in [3.63, 3.8) is 0 Å². The number of fused-ring (bicyclic) bond motifs is 1. The number of nitrogens with zero attached hydrogens (tertiary/aromatic N) is 2. The molecule has 0 bridgehead atoms. The molecule has 22 heavy (non-hydrogen) atoms. The van der Waals surface area contributed by atoms with Crippen molar-refractivity contribution in [3.8, 4) is 11.5 Å². The third-order valence-corrected chi connectivity index (χ3v) is 4.22. The fourth-order valence-corrected chi connectivity index (χ4v) is 2.97. The van der Waals surface area contributed by atoms with Crippen LogP contribution >= 0.6 is 0 Å². The van der Waals surface area contributed by atoms with Crippen LogP contribution in [0.3, 0.4) is 0 Å². The number of rotatable bonds is 4. The van der Waals surface area contributed by atoms with Gasteiger partial charge in [-0.1, -0.05) is 0 Å². The van der Waals surface area contributed by atoms with Crippen molar-refractivity contribution in [2.45, 2.75) is 20.3 Å². The molecule has 1 aromatic carbocycles. The number of carbonyl (C=O) groups is 2. The van der Waals surface area contributed by atoms with Gasteiger partial charge < -0.3 is 19.3 Å². The van der Waals surface area contributed by atoms with E-state index < -0.39 is 0 Å². The summed E-state index contributed by atoms with van der Waals surface area (Å²) in [4.78, 5) is 28.1. The van der Waals surface area contributed by atoms with Crippen LogP contribution in [-0.2, 0) is 9.59 Å². The minimum Gasteiger partial charge on any atom is -0.454 e. The first-order valence-electron chi connectivity index (χ1n) is 7.62. The Morgan fingerprint density at radius 1 is 1.27 bits per heavy atom. The van der Waals surface area contributed by atoms with E-state index in [9.17, 15) is 9.59 Å². The lowest BCUT2D eigenvalue weighted by atomic mass is 10.1. The minimum atomic E-state index is -0.266. The fraction of sp³-hybridized carbons (Fsp3) is 0.500. The smallest absolute Gasteiger partial charge is 0.231 e. The van der Waals surface area contributed by atoms with Crippen molar-refractivity contribution in [3.05, 3.63) is 18.2 Å². The predicted octanol–water partition coefficient (Wildman–Crippen LogP) is 1.64. The summed E-state index contributed by atoms with van der Waals surface area (Å²) in [5, 5.41) is 0. The molecule has 1 saturated heterocycles. The number of carbonyl (C=O) groups excluding carboxylic acids is 2. The van der Waals surface area contributed by atoms with Gasteiger partial charge in [0, 0.05) is 37.8 Å². The lowest BCUT2D eigenvalue weighted by molar-refractivity contribution is -0.135. The number of amides is 2. The molecule has 1 unspecified atom stereocenters. The number of ether oxygens (including phenoxy) is 2. The monoisotopic (exact) mass is 304 g/mol. The van der Waals surface area contributed by atoms with Gasteiger partial charge in [0.1, 0.15) is 0 Å². The van der Waals surface area contributed by atoms with Crippen molar-refractivity contribution < 1.29 is 19.1 Å². The molecule has 2 aliphatic rings. The van der Waals surface area contributed by atoms with Gasteiger partial charge in [-0.15, -0.1) is 0 Å². The number of hydrogen-bond acceptors (Lipinski definition) is 4. The average Bonchev–Trinajstić information content (AvgIpc) is 3.13. The van der Waals surface area contributed by atoms with Gasteiger partial charge in [-0.05, 0) is 26.0 Å². The molecule has 1 fully saturated rings. The summed E-state index contributed by atoms with van der Waals surface area (Å²) in [6, 6.07) is 5.42. The highest BCUT2D eigenvalue weighted by molar-refractivity contribution is 6.00. The van der Waals surface area contributed by atoms with Crippen LogP contribution in [0.15, 0.2) is 18.2 Å². The van der Waals surface area contributed by atoms with Crippen LogP contribution < -0.4 is 14.4 Å². The summed E-state index contributed by atoms with van der Waals surface area (Å²) in [7, 11) is 0. The Balaban J connectivity index is 1.76. The number of hydrogen-bond donors (Lipinski definition) is 0. The molecule has 0 N–H and O–H groups in total. The summed E-state index contributed by atoms with van der Waals surface area (Å²) < 4.78 is 10.6. The zero-order chi connectivity index (χ0) is 15.7. The molecule has 2 amide bonds. The van der Waals surface area contributed by atoms with E-state index in [-0.39, 0.29) is 30.9 Å². The molecule has 1 atom stereocenters. The highest BCUT2D eigenvalue weighted by atomic mass is 16.7. The Morgan fingerprint density at radius 3 is 2.73 bits per heavy atom. The maximum Gasteiger partial charge on any atom is 0.231 e. The molecule has 6 heteroatoms. The van der Waals surface area contributed by atoms with E-state index in [0.29, 0.717) is 31.1 Å². The van der Waals surface area contributed by atoms with Crippen molar-refractivity contribution >= 4 is 17.5 Å². The Bertz CT molecular complexity index is 598. The van der Waals surface area contributed by atoms with Gasteiger partial charge in [0.15, 0.2) is 11.5 Å². The Kier molecular flexibility index (Phi) is 3.92. The Morgan fingerprint density at radius 2 is 2.00 bits per heavy atom. The lowest BCUT2D eigenvalue weighted by Crippen LogP contribution is -2.37. The van der Waals surface area contributed by atoms with Crippen molar-refractivity contribution in [2.24, 2.45) is 5.92 Å². The van der Waals surface area contributed by atoms with Crippen LogP contribution in [0.25, 0.3) is 0 Å². The predicted molar refractivity (Wildman–Crippen MR) is 81.0 cm³/mol. The van der Waals surface area contributed by atoms with Crippen LogP contribution in [0.5, 0.6) is 11.5 Å². The van der Waals surface area contributed by atoms with Crippen molar-refractivity contribution in [2.75, 3.05) is 31.3 Å². The lowest BCUT2D eigenvalue weighted by Gasteiger charge is -2.22. The minimum absolute atomic E-state index is 0.0237. The van der Waals surface area contributed by atoms with E-state index in [0.717, 1.165) is 5.69 Å². The van der Waals surface area contributed by atoms with E-state index >= 15 is 0 Å². The van der Waals surface area contributed by atoms with Gasteiger partial charge in [-0.2, -0.15) is 0 Å². The maximum atomic E-state index is 12.4. The van der Waals surface area contributed by atoms with Crippen LogP contribution in [-0.4, -0.2) is 43.1 Å². The Labute approximate surface area is 129 Å². The summed E-state index contributed by atoms with van der Waals surface area (Å²) in [6.07, 6.45) is 0.268. The molecule has 3 rings (SSSR count). The molecular weight excluding hydrogens is 284 g/mol. The molecule has 6 nitrogen and oxygen atoms in total. The van der Waals surface area contributed by atoms with Gasteiger partial charge in [-0.3, -0.25) is 9.59 Å². The molecule has 118 valence electrons. The topological polar surface area (TPSA) is 59.1 Å². The molecule has 0 radical (unpaired) electrons. The quantitative estimate of drug-likeness (QED) is 0.848. The first kappa shape index (κ1) is 14.7. The Hall–Kier alpha value is -2.24. The third kappa shape index (κ3) is 2.49. The molecule has 0 aliphatic carbocycles. The van der Waals surface area contributed by atoms with Crippen LogP contribution in [0.2, 0.25) is 0 Å². The zero-order valence-electron chi connectivity index (χ0n) is 12.9. The molecule has 2 aliphatic heterocycles. The summed E-state index contributed by atoms with van der Waals surface area (Å²) in [5.41, 5.74) is 0.754. The van der Waals surface area contributed by atoms with E-state index in [1.165, 1.54) is 0 Å². The standard InChI is InChI=1S/C16H20N2O4/c1-3-17(4-2)16(20)11-7-15(19)18(9-11)12-5-6-13-14(8-12)22-10-21-13/h5-6,8,11H,3-4,7,9-10H2,1-2H3. The molecular formula is C16H20N2O4. The first-order chi connectivity index (χ1) is 10.6. The molecule has 0 aromatic heterocycles. The van der Waals surface area contributed by atoms with E-state index in [4.69, 9.17) is 9.47 Å². The second kappa shape index (κ2) is 5.87. The molecule has 0 spiro atoms. The highest BCUT2D eigenvalue weighted by Crippen LogP contribution is 2.37. The van der Waals surface area contributed by atoms with E-state index in [1.807, 2.05) is 19.9 Å². The molecule has 0 saturated carbocycles. The molecule has 1 aromatic rings. The zero-order valence-corrected chi connectivity index (χ0v) is 12.9. The largest absolute Gasteiger partial charge is 0.454 e. The number of benzene rings is 1. The number of anilines is 1. The van der Waals surface area contributed by atoms with Gasteiger partial charge in [0.2, 0.25) is 18.6 Å². The SMILES string of the molecule is CCN(CC)C(=O)C1CC(=O)N(c2ccc3c(c2)OCO3)C1. The van der Waals surface area contributed by atoms with E-state index in [1.54, 1.807) is 21.9 Å². The van der Waals surface area contributed by atoms with Crippen LogP contribution in [0, 0.1) is 5.92 Å². The maximum absolute atomic E-state index is 12.4. The van der Waals surface area contributed by atoms with Crippen molar-refractivity contribution in [1.82, 2.24) is 4.90 Å². The van der Waals surface area contributed by atoms with Gasteiger partial charge in [0.05, 0.1) is 5.92 Å². The summed E-state index contributed by atoms with van der Waals surface area (Å²) in [5.74, 6) is 1.10. The second-order valence-electron chi connectivity index (χ2n) is 5.45. The van der Waals surface area contributed by atoms with Gasteiger partial charge >= 0.3 is 0 Å².